The molecular formula is C12H17ClN4S. The van der Waals surface area contributed by atoms with Crippen LogP contribution in [0.25, 0.3) is 11.2 Å². The number of fused-ring (bicyclic) bond motifs is 1. The standard InChI is InChI=1S/C12H17ClN4S/c1-8(4-5-16(2)3)17-11-10(15-12(17)18)6-9(13)7-14-11/h6-8H,4-5H2,1-3H3,(H,15,18). The first-order chi connectivity index (χ1) is 8.49. The van der Waals surface area contributed by atoms with E-state index >= 15 is 0 Å². The zero-order valence-corrected chi connectivity index (χ0v) is 12.3. The van der Waals surface area contributed by atoms with Crippen LogP contribution in [-0.4, -0.2) is 40.1 Å². The van der Waals surface area contributed by atoms with Gasteiger partial charge in [0.25, 0.3) is 0 Å². The Morgan fingerprint density at radius 2 is 2.28 bits per heavy atom. The van der Waals surface area contributed by atoms with E-state index in [-0.39, 0.29) is 0 Å². The smallest absolute Gasteiger partial charge is 0.179 e. The van der Waals surface area contributed by atoms with E-state index in [0.717, 1.165) is 24.1 Å². The van der Waals surface area contributed by atoms with Gasteiger partial charge in [0.05, 0.1) is 10.5 Å². The Labute approximate surface area is 117 Å². The molecule has 4 nitrogen and oxygen atoms in total. The van der Waals surface area contributed by atoms with E-state index in [1.807, 2.05) is 6.07 Å². The molecule has 0 radical (unpaired) electrons. The molecule has 0 saturated carbocycles. The van der Waals surface area contributed by atoms with Crippen molar-refractivity contribution in [3.63, 3.8) is 0 Å². The predicted octanol–water partition coefficient (Wildman–Crippen LogP) is 3.26. The molecular weight excluding hydrogens is 268 g/mol. The summed E-state index contributed by atoms with van der Waals surface area (Å²) in [6.07, 6.45) is 2.68. The van der Waals surface area contributed by atoms with Gasteiger partial charge >= 0.3 is 0 Å². The monoisotopic (exact) mass is 284 g/mol. The third-order valence-corrected chi connectivity index (χ3v) is 3.46. The fraction of sp³-hybridized carbons (Fsp3) is 0.500. The molecule has 1 unspecified atom stereocenters. The van der Waals surface area contributed by atoms with Gasteiger partial charge in [-0.2, -0.15) is 0 Å². The summed E-state index contributed by atoms with van der Waals surface area (Å²) in [6.45, 7) is 3.17. The van der Waals surface area contributed by atoms with Crippen LogP contribution in [0.1, 0.15) is 19.4 Å². The van der Waals surface area contributed by atoms with Gasteiger partial charge in [0.2, 0.25) is 0 Å². The summed E-state index contributed by atoms with van der Waals surface area (Å²) in [4.78, 5) is 9.69. The normalized spacial score (nSPS) is 13.4. The Morgan fingerprint density at radius 3 is 2.94 bits per heavy atom. The fourth-order valence-corrected chi connectivity index (χ4v) is 2.50. The van der Waals surface area contributed by atoms with Crippen molar-refractivity contribution in [2.45, 2.75) is 19.4 Å². The lowest BCUT2D eigenvalue weighted by Gasteiger charge is -2.16. The van der Waals surface area contributed by atoms with Gasteiger partial charge in [0.15, 0.2) is 10.4 Å². The highest BCUT2D eigenvalue weighted by Crippen LogP contribution is 2.21. The SMILES string of the molecule is CC(CCN(C)C)n1c(=S)[nH]c2cc(Cl)cnc21. The first-order valence-electron chi connectivity index (χ1n) is 5.89. The molecule has 98 valence electrons. The van der Waals surface area contributed by atoms with Crippen molar-refractivity contribution in [1.82, 2.24) is 19.4 Å². The number of nitrogens with one attached hydrogen (secondary N) is 1. The first kappa shape index (κ1) is 13.5. The number of hydrogen-bond acceptors (Lipinski definition) is 3. The maximum Gasteiger partial charge on any atom is 0.179 e. The average molecular weight is 285 g/mol. The molecule has 18 heavy (non-hydrogen) atoms. The Hall–Kier alpha value is -0.910. The van der Waals surface area contributed by atoms with Crippen LogP contribution in [0.5, 0.6) is 0 Å². The van der Waals surface area contributed by atoms with Gasteiger partial charge in [-0.1, -0.05) is 11.6 Å². The predicted molar refractivity (Wildman–Crippen MR) is 77.8 cm³/mol. The molecule has 2 aromatic heterocycles. The summed E-state index contributed by atoms with van der Waals surface area (Å²) < 4.78 is 2.76. The van der Waals surface area contributed by atoms with Crippen LogP contribution in [0, 0.1) is 4.77 Å². The minimum absolute atomic E-state index is 0.308. The van der Waals surface area contributed by atoms with Crippen LogP contribution >= 0.6 is 23.8 Å². The molecule has 0 amide bonds. The number of imidazole rings is 1. The van der Waals surface area contributed by atoms with Crippen molar-refractivity contribution in [2.24, 2.45) is 0 Å². The van der Waals surface area contributed by atoms with Crippen LogP contribution in [0.3, 0.4) is 0 Å². The van der Waals surface area contributed by atoms with Gasteiger partial charge < -0.3 is 9.88 Å². The van der Waals surface area contributed by atoms with Crippen molar-refractivity contribution >= 4 is 35.0 Å². The largest absolute Gasteiger partial charge is 0.329 e. The van der Waals surface area contributed by atoms with Crippen LogP contribution in [0.2, 0.25) is 5.02 Å². The Balaban J connectivity index is 2.38. The number of halogens is 1. The second-order valence-corrected chi connectivity index (χ2v) is 5.59. The Kier molecular flexibility index (Phi) is 4.04. The number of aromatic amines is 1. The quantitative estimate of drug-likeness (QED) is 0.876. The third-order valence-electron chi connectivity index (χ3n) is 2.96. The summed E-state index contributed by atoms with van der Waals surface area (Å²) >= 11 is 11.3. The summed E-state index contributed by atoms with van der Waals surface area (Å²) in [5.74, 6) is 0. The van der Waals surface area contributed by atoms with Crippen LogP contribution < -0.4 is 0 Å². The summed E-state index contributed by atoms with van der Waals surface area (Å²) in [7, 11) is 4.14. The number of nitrogens with zero attached hydrogens (tertiary/aromatic N) is 3. The van der Waals surface area contributed by atoms with Crippen molar-refractivity contribution in [3.8, 4) is 0 Å². The molecule has 0 aliphatic rings. The van der Waals surface area contributed by atoms with Crippen molar-refractivity contribution in [2.75, 3.05) is 20.6 Å². The highest BCUT2D eigenvalue weighted by atomic mass is 35.5. The third kappa shape index (κ3) is 2.74. The van der Waals surface area contributed by atoms with E-state index in [4.69, 9.17) is 23.8 Å². The van der Waals surface area contributed by atoms with E-state index in [1.165, 1.54) is 0 Å². The van der Waals surface area contributed by atoms with Gasteiger partial charge in [-0.3, -0.25) is 4.57 Å². The molecule has 2 heterocycles. The molecule has 0 bridgehead atoms. The zero-order chi connectivity index (χ0) is 13.3. The van der Waals surface area contributed by atoms with Gasteiger partial charge in [-0.05, 0) is 52.3 Å². The molecule has 1 N–H and O–H groups in total. The average Bonchev–Trinajstić information content (AvgIpc) is 2.61. The number of H-pyrrole nitrogens is 1. The van der Waals surface area contributed by atoms with Crippen LogP contribution in [0.15, 0.2) is 12.3 Å². The van der Waals surface area contributed by atoms with E-state index < -0.39 is 0 Å². The summed E-state index contributed by atoms with van der Waals surface area (Å²) in [5.41, 5.74) is 1.76. The molecule has 0 aliphatic heterocycles. The summed E-state index contributed by atoms with van der Waals surface area (Å²) in [6, 6.07) is 2.16. The lowest BCUT2D eigenvalue weighted by Crippen LogP contribution is -2.17. The van der Waals surface area contributed by atoms with Crippen LogP contribution in [0.4, 0.5) is 0 Å². The zero-order valence-electron chi connectivity index (χ0n) is 10.8. The number of pyridine rings is 1. The molecule has 0 fully saturated rings. The summed E-state index contributed by atoms with van der Waals surface area (Å²) in [5, 5.41) is 0.617. The van der Waals surface area contributed by atoms with E-state index in [2.05, 4.69) is 40.5 Å². The van der Waals surface area contributed by atoms with E-state index in [0.29, 0.717) is 15.8 Å². The van der Waals surface area contributed by atoms with Gasteiger partial charge in [0.1, 0.15) is 0 Å². The molecule has 1 atom stereocenters. The van der Waals surface area contributed by atoms with Gasteiger partial charge in [-0.25, -0.2) is 4.98 Å². The van der Waals surface area contributed by atoms with Crippen molar-refractivity contribution in [1.29, 1.82) is 0 Å². The lowest BCUT2D eigenvalue weighted by atomic mass is 10.2. The molecule has 0 aliphatic carbocycles. The maximum atomic E-state index is 5.93. The van der Waals surface area contributed by atoms with E-state index in [9.17, 15) is 0 Å². The maximum absolute atomic E-state index is 5.93. The second-order valence-electron chi connectivity index (χ2n) is 4.77. The van der Waals surface area contributed by atoms with Crippen LogP contribution in [-0.2, 0) is 0 Å². The second kappa shape index (κ2) is 5.38. The molecule has 0 aromatic carbocycles. The number of rotatable bonds is 4. The van der Waals surface area contributed by atoms with E-state index in [1.54, 1.807) is 6.20 Å². The minimum Gasteiger partial charge on any atom is -0.329 e. The molecule has 0 spiro atoms. The highest BCUT2D eigenvalue weighted by Gasteiger charge is 2.12. The molecule has 6 heteroatoms. The van der Waals surface area contributed by atoms with Gasteiger partial charge in [-0.15, -0.1) is 0 Å². The van der Waals surface area contributed by atoms with Crippen molar-refractivity contribution in [3.05, 3.63) is 22.1 Å². The number of hydrogen-bond donors (Lipinski definition) is 1. The molecule has 2 rings (SSSR count). The molecule has 2 aromatic rings. The minimum atomic E-state index is 0.308. The lowest BCUT2D eigenvalue weighted by molar-refractivity contribution is 0.359. The highest BCUT2D eigenvalue weighted by molar-refractivity contribution is 7.71. The Bertz CT molecular complexity index is 602. The van der Waals surface area contributed by atoms with Crippen molar-refractivity contribution < 1.29 is 0 Å². The first-order valence-corrected chi connectivity index (χ1v) is 6.68. The molecule has 0 saturated heterocycles. The van der Waals surface area contributed by atoms with Gasteiger partial charge in [0, 0.05) is 12.2 Å². The number of aromatic nitrogens is 3. The Morgan fingerprint density at radius 1 is 1.56 bits per heavy atom. The fourth-order valence-electron chi connectivity index (χ4n) is 1.97. The topological polar surface area (TPSA) is 36.9 Å².